The van der Waals surface area contributed by atoms with Crippen molar-refractivity contribution in [3.05, 3.63) is 89.7 Å². The first-order valence-corrected chi connectivity index (χ1v) is 14.4. The molecule has 0 saturated carbocycles. The Kier molecular flexibility index (Phi) is 8.28. The molecule has 5 nitrogen and oxygen atoms in total. The van der Waals surface area contributed by atoms with Crippen LogP contribution in [-0.4, -0.2) is 30.3 Å². The minimum atomic E-state index is -3.66. The van der Waals surface area contributed by atoms with Gasteiger partial charge in [-0.3, -0.25) is 0 Å². The molecule has 8 heteroatoms. The summed E-state index contributed by atoms with van der Waals surface area (Å²) in [6.07, 6.45) is 0.626. The van der Waals surface area contributed by atoms with Gasteiger partial charge in [-0.2, -0.15) is 0 Å². The molecule has 1 aromatic heterocycles. The largest absolute Gasteiger partial charge is 0.319 e. The molecule has 0 bridgehead atoms. The highest BCUT2D eigenvalue weighted by molar-refractivity contribution is 7.99. The molecule has 0 aliphatic carbocycles. The number of benzene rings is 3. The Balaban J connectivity index is 1.51. The maximum atomic E-state index is 13.1. The van der Waals surface area contributed by atoms with E-state index in [-0.39, 0.29) is 11.4 Å². The lowest BCUT2D eigenvalue weighted by atomic mass is 10.0. The second-order valence-electron chi connectivity index (χ2n) is 8.62. The molecular formula is C28H30FN3O2S2. The van der Waals surface area contributed by atoms with Gasteiger partial charge >= 0.3 is 0 Å². The van der Waals surface area contributed by atoms with Crippen molar-refractivity contribution in [1.82, 2.24) is 14.3 Å². The van der Waals surface area contributed by atoms with Crippen LogP contribution in [-0.2, 0) is 16.6 Å². The molecule has 0 fully saturated rings. The Morgan fingerprint density at radius 3 is 2.06 bits per heavy atom. The monoisotopic (exact) mass is 523 g/mol. The number of hydrogen-bond acceptors (Lipinski definition) is 4. The summed E-state index contributed by atoms with van der Waals surface area (Å²) in [4.78, 5) is 5.09. The van der Waals surface area contributed by atoms with E-state index in [0.717, 1.165) is 46.3 Å². The number of halogens is 1. The Morgan fingerprint density at radius 1 is 0.889 bits per heavy atom. The molecule has 3 aromatic carbocycles. The standard InChI is InChI=1S/C28H30FN3O2S2/c1-4-32-27(23-12-8-21(3)9-13-23)26(22-10-6-20(2)7-11-22)31-28(32)35-19-5-18-30-36(33,34)25-16-14-24(29)15-17-25/h6-17,30H,4-5,18-19H2,1-3H3. The molecule has 4 aromatic rings. The van der Waals surface area contributed by atoms with Gasteiger partial charge in [-0.25, -0.2) is 22.5 Å². The van der Waals surface area contributed by atoms with Crippen LogP contribution in [0.5, 0.6) is 0 Å². The zero-order valence-corrected chi connectivity index (χ0v) is 22.3. The van der Waals surface area contributed by atoms with Gasteiger partial charge in [0.2, 0.25) is 10.0 Å². The summed E-state index contributed by atoms with van der Waals surface area (Å²) >= 11 is 1.62. The Bertz CT molecular complexity index is 1410. The smallest absolute Gasteiger partial charge is 0.240 e. The van der Waals surface area contributed by atoms with Crippen LogP contribution in [0.1, 0.15) is 24.5 Å². The first-order valence-electron chi connectivity index (χ1n) is 11.9. The van der Waals surface area contributed by atoms with E-state index in [1.165, 1.54) is 23.3 Å². The van der Waals surface area contributed by atoms with Gasteiger partial charge in [0.1, 0.15) is 5.82 Å². The fourth-order valence-electron chi connectivity index (χ4n) is 3.89. The van der Waals surface area contributed by atoms with Crippen LogP contribution in [0.4, 0.5) is 4.39 Å². The maximum Gasteiger partial charge on any atom is 0.240 e. The van der Waals surface area contributed by atoms with Crippen LogP contribution in [0.25, 0.3) is 22.5 Å². The van der Waals surface area contributed by atoms with Crippen LogP contribution in [0.2, 0.25) is 0 Å². The van der Waals surface area contributed by atoms with E-state index < -0.39 is 15.8 Å². The molecule has 188 valence electrons. The average molecular weight is 524 g/mol. The van der Waals surface area contributed by atoms with Crippen molar-refractivity contribution in [2.24, 2.45) is 0 Å². The average Bonchev–Trinajstić information content (AvgIpc) is 3.23. The van der Waals surface area contributed by atoms with Crippen molar-refractivity contribution < 1.29 is 12.8 Å². The summed E-state index contributed by atoms with van der Waals surface area (Å²) in [6, 6.07) is 21.7. The number of aryl methyl sites for hydroxylation is 2. The lowest BCUT2D eigenvalue weighted by Gasteiger charge is -2.11. The van der Waals surface area contributed by atoms with Gasteiger partial charge in [-0.1, -0.05) is 71.4 Å². The normalized spacial score (nSPS) is 11.7. The van der Waals surface area contributed by atoms with Gasteiger partial charge in [-0.15, -0.1) is 0 Å². The number of hydrogen-bond donors (Lipinski definition) is 1. The molecule has 0 aliphatic heterocycles. The number of nitrogens with zero attached hydrogens (tertiary/aromatic N) is 2. The molecule has 4 rings (SSSR count). The van der Waals surface area contributed by atoms with E-state index in [4.69, 9.17) is 4.98 Å². The third-order valence-electron chi connectivity index (χ3n) is 5.87. The third-order valence-corrected chi connectivity index (χ3v) is 8.41. The molecular weight excluding hydrogens is 493 g/mol. The summed E-state index contributed by atoms with van der Waals surface area (Å²) in [6.45, 7) is 7.31. The van der Waals surface area contributed by atoms with Crippen molar-refractivity contribution in [2.75, 3.05) is 12.3 Å². The second-order valence-corrected chi connectivity index (χ2v) is 11.5. The van der Waals surface area contributed by atoms with Crippen molar-refractivity contribution >= 4 is 21.8 Å². The van der Waals surface area contributed by atoms with Gasteiger partial charge in [0.25, 0.3) is 0 Å². The van der Waals surface area contributed by atoms with Crippen molar-refractivity contribution in [3.8, 4) is 22.5 Å². The zero-order chi connectivity index (χ0) is 25.7. The number of aromatic nitrogens is 2. The topological polar surface area (TPSA) is 64.0 Å². The summed E-state index contributed by atoms with van der Waals surface area (Å²) in [7, 11) is -3.66. The lowest BCUT2D eigenvalue weighted by molar-refractivity contribution is 0.580. The van der Waals surface area contributed by atoms with Crippen LogP contribution in [0.15, 0.2) is 82.8 Å². The number of sulfonamides is 1. The van der Waals surface area contributed by atoms with E-state index in [1.54, 1.807) is 11.8 Å². The molecule has 36 heavy (non-hydrogen) atoms. The first-order chi connectivity index (χ1) is 17.3. The summed E-state index contributed by atoms with van der Waals surface area (Å²) in [5, 5.41) is 0.907. The van der Waals surface area contributed by atoms with Crippen molar-refractivity contribution in [3.63, 3.8) is 0 Å². The Labute approximate surface area is 216 Å². The van der Waals surface area contributed by atoms with Crippen LogP contribution < -0.4 is 4.72 Å². The molecule has 1 N–H and O–H groups in total. The molecule has 0 radical (unpaired) electrons. The number of rotatable bonds is 10. The Hall–Kier alpha value is -2.94. The highest BCUT2D eigenvalue weighted by Gasteiger charge is 2.20. The molecule has 0 saturated heterocycles. The third kappa shape index (κ3) is 6.06. The number of thioether (sulfide) groups is 1. The quantitative estimate of drug-likeness (QED) is 0.192. The molecule has 1 heterocycles. The summed E-state index contributed by atoms with van der Waals surface area (Å²) in [5.74, 6) is 0.232. The molecule has 0 amide bonds. The minimum Gasteiger partial charge on any atom is -0.319 e. The fraction of sp³-hybridized carbons (Fsp3) is 0.250. The summed E-state index contributed by atoms with van der Waals surface area (Å²) < 4.78 is 42.8. The van der Waals surface area contributed by atoms with Gasteiger partial charge in [0.05, 0.1) is 16.3 Å². The van der Waals surface area contributed by atoms with Gasteiger partial charge in [0.15, 0.2) is 5.16 Å². The number of imidazole rings is 1. The van der Waals surface area contributed by atoms with E-state index in [2.05, 4.69) is 78.6 Å². The van der Waals surface area contributed by atoms with Crippen LogP contribution >= 0.6 is 11.8 Å². The van der Waals surface area contributed by atoms with E-state index in [0.29, 0.717) is 12.2 Å². The number of nitrogens with one attached hydrogen (secondary N) is 1. The molecule has 0 spiro atoms. The van der Waals surface area contributed by atoms with Gasteiger partial charge in [-0.05, 0) is 51.5 Å². The molecule has 0 unspecified atom stereocenters. The zero-order valence-electron chi connectivity index (χ0n) is 20.7. The maximum absolute atomic E-state index is 13.1. The van der Waals surface area contributed by atoms with E-state index in [9.17, 15) is 12.8 Å². The van der Waals surface area contributed by atoms with Crippen molar-refractivity contribution in [1.29, 1.82) is 0 Å². The Morgan fingerprint density at radius 2 is 1.47 bits per heavy atom. The fourth-order valence-corrected chi connectivity index (χ4v) is 5.97. The minimum absolute atomic E-state index is 0.0589. The van der Waals surface area contributed by atoms with Gasteiger partial charge < -0.3 is 4.57 Å². The molecule has 0 aliphatic rings. The predicted molar refractivity (Wildman–Crippen MR) is 145 cm³/mol. The highest BCUT2D eigenvalue weighted by atomic mass is 32.2. The van der Waals surface area contributed by atoms with Crippen LogP contribution in [0, 0.1) is 19.7 Å². The SMILES string of the molecule is CCn1c(SCCCNS(=O)(=O)c2ccc(F)cc2)nc(-c2ccc(C)cc2)c1-c1ccc(C)cc1. The summed E-state index contributed by atoms with van der Waals surface area (Å²) in [5.41, 5.74) is 6.61. The first kappa shape index (κ1) is 26.1. The van der Waals surface area contributed by atoms with E-state index >= 15 is 0 Å². The van der Waals surface area contributed by atoms with E-state index in [1.807, 2.05) is 0 Å². The van der Waals surface area contributed by atoms with Crippen molar-refractivity contribution in [2.45, 2.75) is 43.8 Å². The molecule has 0 atom stereocenters. The highest BCUT2D eigenvalue weighted by Crippen LogP contribution is 2.36. The van der Waals surface area contributed by atoms with Crippen LogP contribution in [0.3, 0.4) is 0 Å². The second kappa shape index (κ2) is 11.4. The lowest BCUT2D eigenvalue weighted by Crippen LogP contribution is -2.25. The predicted octanol–water partition coefficient (Wildman–Crippen LogP) is 6.45. The van der Waals surface area contributed by atoms with Gasteiger partial charge in [0, 0.05) is 30.0 Å².